The first-order valence-corrected chi connectivity index (χ1v) is 22.9. The number of rotatable bonds is 9. The van der Waals surface area contributed by atoms with Crippen LogP contribution in [0.25, 0.3) is 11.1 Å². The highest BCUT2D eigenvalue weighted by Crippen LogP contribution is 2.58. The minimum atomic E-state index is -5.12. The van der Waals surface area contributed by atoms with Crippen LogP contribution in [-0.4, -0.2) is 17.0 Å². The van der Waals surface area contributed by atoms with Gasteiger partial charge in [0, 0.05) is 5.66 Å². The summed E-state index contributed by atoms with van der Waals surface area (Å²) in [6.07, 6.45) is 8.36. The van der Waals surface area contributed by atoms with E-state index in [1.54, 1.807) is 6.92 Å². The van der Waals surface area contributed by atoms with Crippen molar-refractivity contribution in [2.75, 3.05) is 0 Å². The molecule has 0 heterocycles. The van der Waals surface area contributed by atoms with Crippen molar-refractivity contribution in [2.45, 2.75) is 126 Å². The summed E-state index contributed by atoms with van der Waals surface area (Å²) in [5, 5.41) is 1.11. The summed E-state index contributed by atoms with van der Waals surface area (Å²) in [7, 11) is -2.89. The van der Waals surface area contributed by atoms with E-state index in [-0.39, 0.29) is 22.2 Å². The number of alkyl halides is 9. The van der Waals surface area contributed by atoms with Gasteiger partial charge in [-0.25, -0.2) is 0 Å². The van der Waals surface area contributed by atoms with Crippen LogP contribution in [0.2, 0.25) is 0 Å². The summed E-state index contributed by atoms with van der Waals surface area (Å²) in [5.74, 6) is 0. The Morgan fingerprint density at radius 1 is 0.632 bits per heavy atom. The Morgan fingerprint density at radius 3 is 1.70 bits per heavy atom. The molecule has 0 spiro atoms. The standard InChI is InChI=1S/C46H47F9P2/c1-29-23-32(44(47,48)49)26-37(24-29)56(38-27-33(45(50,51)52)25-34(28-38)46(53,54)55)30(2)39-19-11-21-41(39)43-40(31-13-9-10-14-31)20-12-22-42(43)57(35-15-5-3-6-16-35)36-17-7-4-8-18-36/h9,11-14,19-20,22-28,30,35-36H,3-8,10,15-18,21H2,1-2H3/t30-,56?/m1/s1. The lowest BCUT2D eigenvalue weighted by molar-refractivity contribution is -0.143. The zero-order valence-corrected chi connectivity index (χ0v) is 33.9. The maximum atomic E-state index is 14.4. The lowest BCUT2D eigenvalue weighted by Gasteiger charge is -2.40. The van der Waals surface area contributed by atoms with Crippen molar-refractivity contribution in [1.82, 2.24) is 0 Å². The van der Waals surface area contributed by atoms with Crippen LogP contribution in [0.5, 0.6) is 0 Å². The molecule has 7 rings (SSSR count). The predicted molar refractivity (Wildman–Crippen MR) is 217 cm³/mol. The molecule has 2 fully saturated rings. The van der Waals surface area contributed by atoms with Crippen molar-refractivity contribution in [3.8, 4) is 0 Å². The third-order valence-electron chi connectivity index (χ3n) is 12.0. The fourth-order valence-corrected chi connectivity index (χ4v) is 16.3. The fourth-order valence-electron chi connectivity index (χ4n) is 9.42. The van der Waals surface area contributed by atoms with Crippen molar-refractivity contribution < 1.29 is 39.5 Å². The highest BCUT2D eigenvalue weighted by Gasteiger charge is 2.41. The maximum Gasteiger partial charge on any atom is 0.416 e. The molecule has 304 valence electrons. The molecule has 0 bridgehead atoms. The van der Waals surface area contributed by atoms with Crippen LogP contribution in [-0.2, 0) is 18.5 Å². The first-order valence-electron chi connectivity index (χ1n) is 20.0. The SMILES string of the molecule is Cc1cc(P(c2cc(C(F)(F)F)cc(C(F)(F)F)c2)[C@H](C)C2=C(c3c(C4=CCC=C4)cccc3P(C3CCCCC3)C3CCCCC3)CC=C2)cc(C(F)(F)F)c1. The number of hydrogen-bond acceptors (Lipinski definition) is 0. The van der Waals surface area contributed by atoms with E-state index in [0.717, 1.165) is 72.1 Å². The highest BCUT2D eigenvalue weighted by molar-refractivity contribution is 7.73. The molecule has 0 aromatic heterocycles. The van der Waals surface area contributed by atoms with Gasteiger partial charge in [0.05, 0.1) is 16.7 Å². The molecule has 2 atom stereocenters. The van der Waals surface area contributed by atoms with Gasteiger partial charge in [0.2, 0.25) is 0 Å². The third-order valence-corrected chi connectivity index (χ3v) is 18.2. The average molecular weight is 833 g/mol. The van der Waals surface area contributed by atoms with Gasteiger partial charge in [-0.3, -0.25) is 0 Å². The largest absolute Gasteiger partial charge is 0.416 e. The molecule has 0 aliphatic heterocycles. The van der Waals surface area contributed by atoms with E-state index in [1.807, 2.05) is 12.2 Å². The van der Waals surface area contributed by atoms with E-state index < -0.39 is 56.7 Å². The molecule has 3 aromatic rings. The molecule has 1 unspecified atom stereocenters. The fraction of sp³-hybridized carbons (Fsp3) is 0.435. The van der Waals surface area contributed by atoms with Gasteiger partial charge in [-0.2, -0.15) is 39.5 Å². The maximum absolute atomic E-state index is 14.4. The summed E-state index contributed by atoms with van der Waals surface area (Å²) in [6.45, 7) is 3.23. The van der Waals surface area contributed by atoms with E-state index in [9.17, 15) is 39.5 Å². The monoisotopic (exact) mass is 832 g/mol. The van der Waals surface area contributed by atoms with Crippen LogP contribution in [0.3, 0.4) is 0 Å². The molecule has 11 heteroatoms. The molecular weight excluding hydrogens is 785 g/mol. The number of benzene rings is 3. The molecule has 0 saturated heterocycles. The van der Waals surface area contributed by atoms with Gasteiger partial charge in [0.1, 0.15) is 0 Å². The molecule has 4 aliphatic carbocycles. The van der Waals surface area contributed by atoms with Crippen molar-refractivity contribution in [1.29, 1.82) is 0 Å². The van der Waals surface area contributed by atoms with Crippen molar-refractivity contribution in [3.05, 3.63) is 124 Å². The Labute approximate surface area is 331 Å². The van der Waals surface area contributed by atoms with E-state index >= 15 is 0 Å². The van der Waals surface area contributed by atoms with Crippen molar-refractivity contribution in [3.63, 3.8) is 0 Å². The first-order chi connectivity index (χ1) is 27.0. The summed E-state index contributed by atoms with van der Waals surface area (Å²) in [5.41, 5.74) is 1.56. The first kappa shape index (κ1) is 42.0. The lowest BCUT2D eigenvalue weighted by Crippen LogP contribution is -2.29. The van der Waals surface area contributed by atoms with Crippen LogP contribution in [0.4, 0.5) is 39.5 Å². The van der Waals surface area contributed by atoms with E-state index in [0.29, 0.717) is 29.9 Å². The minimum absolute atomic E-state index is 0.0750. The van der Waals surface area contributed by atoms with Gasteiger partial charge in [0.25, 0.3) is 0 Å². The molecule has 3 aromatic carbocycles. The Morgan fingerprint density at radius 2 is 1.18 bits per heavy atom. The van der Waals surface area contributed by atoms with Crippen molar-refractivity contribution >= 4 is 42.9 Å². The zero-order chi connectivity index (χ0) is 40.7. The molecule has 0 N–H and O–H groups in total. The van der Waals surface area contributed by atoms with E-state index in [4.69, 9.17) is 0 Å². The zero-order valence-electron chi connectivity index (χ0n) is 32.1. The number of halogens is 9. The highest BCUT2D eigenvalue weighted by atomic mass is 31.1. The van der Waals surface area contributed by atoms with E-state index in [1.165, 1.54) is 56.8 Å². The van der Waals surface area contributed by atoms with Crippen LogP contribution < -0.4 is 15.9 Å². The Bertz CT molecular complexity index is 2020. The quantitative estimate of drug-likeness (QED) is 0.149. The van der Waals surface area contributed by atoms with Crippen LogP contribution >= 0.6 is 15.8 Å². The van der Waals surface area contributed by atoms with Crippen LogP contribution in [0.1, 0.15) is 117 Å². The lowest BCUT2D eigenvalue weighted by atomic mass is 9.91. The second-order valence-corrected chi connectivity index (χ2v) is 21.2. The summed E-state index contributed by atoms with van der Waals surface area (Å²) >= 11 is 0. The Hall–Kier alpha value is -3.15. The van der Waals surface area contributed by atoms with Gasteiger partial charge >= 0.3 is 18.5 Å². The summed E-state index contributed by atoms with van der Waals surface area (Å²) in [4.78, 5) is 0. The van der Waals surface area contributed by atoms with Gasteiger partial charge in [-0.05, 0) is 144 Å². The van der Waals surface area contributed by atoms with Crippen LogP contribution in [0, 0.1) is 6.92 Å². The Balaban J connectivity index is 1.48. The summed E-state index contributed by atoms with van der Waals surface area (Å²) < 4.78 is 129. The normalized spacial score (nSPS) is 19.8. The summed E-state index contributed by atoms with van der Waals surface area (Å²) in [6, 6.07) is 11.4. The second-order valence-electron chi connectivity index (χ2n) is 15.9. The molecule has 4 aliphatic rings. The smallest absolute Gasteiger partial charge is 0.166 e. The number of aryl methyl sites for hydroxylation is 1. The Kier molecular flexibility index (Phi) is 12.4. The third kappa shape index (κ3) is 9.20. The van der Waals surface area contributed by atoms with Crippen LogP contribution in [0.15, 0.2) is 90.6 Å². The van der Waals surface area contributed by atoms with Gasteiger partial charge in [-0.15, -0.1) is 0 Å². The molecule has 57 heavy (non-hydrogen) atoms. The molecular formula is C46H47F9P2. The van der Waals surface area contributed by atoms with Gasteiger partial charge in [0.15, 0.2) is 0 Å². The average Bonchev–Trinajstić information content (AvgIpc) is 3.88. The molecule has 0 amide bonds. The minimum Gasteiger partial charge on any atom is -0.166 e. The van der Waals surface area contributed by atoms with E-state index in [2.05, 4.69) is 36.4 Å². The van der Waals surface area contributed by atoms with Crippen molar-refractivity contribution in [2.24, 2.45) is 0 Å². The van der Waals surface area contributed by atoms with Gasteiger partial charge in [-0.1, -0.05) is 108 Å². The van der Waals surface area contributed by atoms with Gasteiger partial charge < -0.3 is 0 Å². The number of hydrogen-bond donors (Lipinski definition) is 0. The number of allylic oxidation sites excluding steroid dienone is 8. The molecule has 0 nitrogen and oxygen atoms in total. The second kappa shape index (κ2) is 16.8. The topological polar surface area (TPSA) is 0 Å². The molecule has 0 radical (unpaired) electrons. The predicted octanol–water partition coefficient (Wildman–Crippen LogP) is 14.4. The molecule has 2 saturated carbocycles.